The second kappa shape index (κ2) is 5.84. The second-order valence-electron chi connectivity index (χ2n) is 3.83. The number of nitro groups is 1. The maximum absolute atomic E-state index is 12.2. The third-order valence-electron chi connectivity index (χ3n) is 2.42. The number of aromatic nitrogens is 1. The van der Waals surface area contributed by atoms with Crippen molar-refractivity contribution in [2.75, 3.05) is 4.72 Å². The van der Waals surface area contributed by atoms with Crippen LogP contribution in [0.4, 0.5) is 11.4 Å². The highest BCUT2D eigenvalue weighted by Crippen LogP contribution is 2.30. The van der Waals surface area contributed by atoms with E-state index in [0.29, 0.717) is 0 Å². The van der Waals surface area contributed by atoms with Crippen molar-refractivity contribution >= 4 is 44.6 Å². The highest BCUT2D eigenvalue weighted by Gasteiger charge is 2.23. The van der Waals surface area contributed by atoms with Gasteiger partial charge in [0.15, 0.2) is 0 Å². The lowest BCUT2D eigenvalue weighted by atomic mass is 10.3. The molecule has 10 heteroatoms. The molecule has 0 unspecified atom stereocenters. The Morgan fingerprint density at radius 3 is 2.57 bits per heavy atom. The van der Waals surface area contributed by atoms with Crippen molar-refractivity contribution in [2.45, 2.75) is 4.90 Å². The van der Waals surface area contributed by atoms with Gasteiger partial charge in [0.25, 0.3) is 15.7 Å². The van der Waals surface area contributed by atoms with Gasteiger partial charge in [-0.25, -0.2) is 8.42 Å². The Hall–Kier alpha value is -1.90. The van der Waals surface area contributed by atoms with Gasteiger partial charge < -0.3 is 0 Å². The predicted molar refractivity (Wildman–Crippen MR) is 78.2 cm³/mol. The first kappa shape index (κ1) is 15.5. The van der Waals surface area contributed by atoms with Gasteiger partial charge in [0, 0.05) is 23.5 Å². The maximum Gasteiger partial charge on any atom is 0.294 e. The summed E-state index contributed by atoms with van der Waals surface area (Å²) in [6, 6.07) is 4.87. The summed E-state index contributed by atoms with van der Waals surface area (Å²) in [4.78, 5) is 13.6. The molecule has 0 aliphatic carbocycles. The fourth-order valence-corrected chi connectivity index (χ4v) is 3.18. The van der Waals surface area contributed by atoms with Crippen molar-refractivity contribution < 1.29 is 13.3 Å². The highest BCUT2D eigenvalue weighted by atomic mass is 35.5. The fraction of sp³-hybridized carbons (Fsp3) is 0. The molecule has 0 fully saturated rings. The average Bonchev–Trinajstić information content (AvgIpc) is 2.40. The Kier molecular flexibility index (Phi) is 4.31. The Labute approximate surface area is 129 Å². The van der Waals surface area contributed by atoms with E-state index in [1.54, 1.807) is 0 Å². The summed E-state index contributed by atoms with van der Waals surface area (Å²) in [5.41, 5.74) is -0.685. The van der Waals surface area contributed by atoms with E-state index >= 15 is 0 Å². The van der Waals surface area contributed by atoms with Crippen molar-refractivity contribution in [3.63, 3.8) is 0 Å². The summed E-state index contributed by atoms with van der Waals surface area (Å²) in [6.07, 6.45) is 2.37. The zero-order valence-corrected chi connectivity index (χ0v) is 12.5. The van der Waals surface area contributed by atoms with Gasteiger partial charge in [-0.05, 0) is 18.2 Å². The van der Waals surface area contributed by atoms with E-state index in [1.165, 1.54) is 24.4 Å². The number of benzene rings is 1. The van der Waals surface area contributed by atoms with E-state index in [-0.39, 0.29) is 20.6 Å². The molecule has 0 atom stereocenters. The zero-order chi connectivity index (χ0) is 15.6. The molecule has 1 heterocycles. The molecule has 1 N–H and O–H groups in total. The third kappa shape index (κ3) is 3.41. The van der Waals surface area contributed by atoms with Crippen LogP contribution < -0.4 is 4.72 Å². The molecule has 0 bridgehead atoms. The summed E-state index contributed by atoms with van der Waals surface area (Å²) < 4.78 is 26.5. The molecule has 1 aromatic carbocycles. The minimum atomic E-state index is -4.10. The highest BCUT2D eigenvalue weighted by molar-refractivity contribution is 7.92. The number of halogens is 2. The molecular weight excluding hydrogens is 341 g/mol. The van der Waals surface area contributed by atoms with Gasteiger partial charge in [0.05, 0.1) is 9.95 Å². The minimum absolute atomic E-state index is 0.0471. The first-order valence-electron chi connectivity index (χ1n) is 5.37. The van der Waals surface area contributed by atoms with Crippen LogP contribution in [-0.2, 0) is 10.0 Å². The van der Waals surface area contributed by atoms with Crippen molar-refractivity contribution in [3.8, 4) is 0 Å². The van der Waals surface area contributed by atoms with E-state index in [2.05, 4.69) is 9.71 Å². The SMILES string of the molecule is O=[N+]([O-])c1cc(Cl)ccc1NS(=O)(=O)c1cnccc1Cl. The number of nitrogens with one attached hydrogen (secondary N) is 1. The number of anilines is 1. The van der Waals surface area contributed by atoms with E-state index in [0.717, 1.165) is 12.3 Å². The zero-order valence-electron chi connectivity index (χ0n) is 10.2. The lowest BCUT2D eigenvalue weighted by Gasteiger charge is -2.09. The van der Waals surface area contributed by atoms with Crippen LogP contribution in [0.25, 0.3) is 0 Å². The Morgan fingerprint density at radius 2 is 1.95 bits per heavy atom. The van der Waals surface area contributed by atoms with Crippen LogP contribution >= 0.6 is 23.2 Å². The van der Waals surface area contributed by atoms with Gasteiger partial charge in [-0.3, -0.25) is 19.8 Å². The number of rotatable bonds is 4. The summed E-state index contributed by atoms with van der Waals surface area (Å²) in [5, 5.41) is 11.0. The van der Waals surface area contributed by atoms with E-state index in [9.17, 15) is 18.5 Å². The van der Waals surface area contributed by atoms with Gasteiger partial charge >= 0.3 is 0 Å². The number of nitro benzene ring substituents is 1. The lowest BCUT2D eigenvalue weighted by Crippen LogP contribution is -2.14. The van der Waals surface area contributed by atoms with E-state index < -0.39 is 20.6 Å². The molecule has 0 aliphatic rings. The molecule has 110 valence electrons. The average molecular weight is 348 g/mol. The van der Waals surface area contributed by atoms with Crippen molar-refractivity contribution in [1.82, 2.24) is 4.98 Å². The Morgan fingerprint density at radius 1 is 1.24 bits per heavy atom. The molecule has 21 heavy (non-hydrogen) atoms. The predicted octanol–water partition coefficient (Wildman–Crippen LogP) is 3.10. The summed E-state index contributed by atoms with van der Waals surface area (Å²) in [6.45, 7) is 0. The van der Waals surface area contributed by atoms with Crippen molar-refractivity contribution in [1.29, 1.82) is 0 Å². The van der Waals surface area contributed by atoms with Gasteiger partial charge in [-0.2, -0.15) is 0 Å². The van der Waals surface area contributed by atoms with Gasteiger partial charge in [-0.15, -0.1) is 0 Å². The Bertz CT molecular complexity index is 811. The largest absolute Gasteiger partial charge is 0.294 e. The molecule has 0 saturated carbocycles. The molecule has 0 amide bonds. The number of hydrogen-bond donors (Lipinski definition) is 1. The second-order valence-corrected chi connectivity index (χ2v) is 6.32. The normalized spacial score (nSPS) is 11.1. The van der Waals surface area contributed by atoms with Crippen LogP contribution in [0, 0.1) is 10.1 Å². The first-order valence-corrected chi connectivity index (χ1v) is 7.61. The molecule has 0 spiro atoms. The minimum Gasteiger partial charge on any atom is -0.273 e. The molecule has 0 aliphatic heterocycles. The number of nitrogens with zero attached hydrogens (tertiary/aromatic N) is 2. The lowest BCUT2D eigenvalue weighted by molar-refractivity contribution is -0.383. The monoisotopic (exact) mass is 347 g/mol. The standard InChI is InChI=1S/C11H7Cl2N3O4S/c12-7-1-2-9(10(5-7)16(17)18)15-21(19,20)11-6-14-4-3-8(11)13/h1-6,15H. The van der Waals surface area contributed by atoms with Crippen LogP contribution in [0.1, 0.15) is 0 Å². The van der Waals surface area contributed by atoms with Crippen molar-refractivity contribution in [3.05, 3.63) is 56.8 Å². The molecule has 1 aromatic heterocycles. The van der Waals surface area contributed by atoms with E-state index in [1.807, 2.05) is 0 Å². The molecular formula is C11H7Cl2N3O4S. The topological polar surface area (TPSA) is 102 Å². The molecule has 0 saturated heterocycles. The first-order chi connectivity index (χ1) is 9.81. The fourth-order valence-electron chi connectivity index (χ4n) is 1.50. The number of hydrogen-bond acceptors (Lipinski definition) is 5. The van der Waals surface area contributed by atoms with E-state index in [4.69, 9.17) is 23.2 Å². The van der Waals surface area contributed by atoms with Gasteiger partial charge in [0.1, 0.15) is 10.6 Å². The third-order valence-corrected chi connectivity index (χ3v) is 4.49. The quantitative estimate of drug-likeness (QED) is 0.676. The summed E-state index contributed by atoms with van der Waals surface area (Å²) in [5.74, 6) is 0. The summed E-state index contributed by atoms with van der Waals surface area (Å²) >= 11 is 11.4. The molecule has 0 radical (unpaired) electrons. The van der Waals surface area contributed by atoms with Crippen LogP contribution in [0.15, 0.2) is 41.6 Å². The Balaban J connectivity index is 2.47. The molecule has 2 aromatic rings. The van der Waals surface area contributed by atoms with Gasteiger partial charge in [0.2, 0.25) is 0 Å². The number of sulfonamides is 1. The van der Waals surface area contributed by atoms with Crippen LogP contribution in [-0.4, -0.2) is 18.3 Å². The van der Waals surface area contributed by atoms with Crippen LogP contribution in [0.3, 0.4) is 0 Å². The molecule has 7 nitrogen and oxygen atoms in total. The maximum atomic E-state index is 12.2. The van der Waals surface area contributed by atoms with Crippen molar-refractivity contribution in [2.24, 2.45) is 0 Å². The molecule has 2 rings (SSSR count). The smallest absolute Gasteiger partial charge is 0.273 e. The summed E-state index contributed by atoms with van der Waals surface area (Å²) in [7, 11) is -4.10. The van der Waals surface area contributed by atoms with Gasteiger partial charge in [-0.1, -0.05) is 23.2 Å². The number of pyridine rings is 1. The van der Waals surface area contributed by atoms with Crippen LogP contribution in [0.2, 0.25) is 10.0 Å². The van der Waals surface area contributed by atoms with Crippen LogP contribution in [0.5, 0.6) is 0 Å².